The van der Waals surface area contributed by atoms with Crippen LogP contribution in [0.15, 0.2) is 29.4 Å². The number of hydrogen-bond acceptors (Lipinski definition) is 6. The average Bonchev–Trinajstić information content (AvgIpc) is 2.48. The average molecular weight is 322 g/mol. The minimum Gasteiger partial charge on any atom is -0.497 e. The van der Waals surface area contributed by atoms with E-state index in [0.717, 1.165) is 11.3 Å². The van der Waals surface area contributed by atoms with Gasteiger partial charge in [-0.25, -0.2) is 4.79 Å². The second kappa shape index (κ2) is 8.77. The molecule has 0 spiro atoms. The van der Waals surface area contributed by atoms with E-state index in [1.807, 2.05) is 20.8 Å². The summed E-state index contributed by atoms with van der Waals surface area (Å²) in [5, 5.41) is 6.33. The summed E-state index contributed by atoms with van der Waals surface area (Å²) >= 11 is 0. The lowest BCUT2D eigenvalue weighted by atomic mass is 10.1. The van der Waals surface area contributed by atoms with Gasteiger partial charge in [0.1, 0.15) is 5.75 Å². The van der Waals surface area contributed by atoms with Crippen LogP contribution in [0.1, 0.15) is 26.3 Å². The Balaban J connectivity index is 2.25. The second-order valence-corrected chi connectivity index (χ2v) is 5.74. The van der Waals surface area contributed by atoms with Crippen LogP contribution < -0.4 is 10.1 Å². The highest BCUT2D eigenvalue weighted by atomic mass is 16.7. The molecule has 0 heterocycles. The van der Waals surface area contributed by atoms with E-state index in [0.29, 0.717) is 0 Å². The van der Waals surface area contributed by atoms with E-state index >= 15 is 0 Å². The number of rotatable bonds is 7. The molecule has 1 aromatic rings. The Morgan fingerprint density at radius 1 is 1.17 bits per heavy atom. The quantitative estimate of drug-likeness (QED) is 0.467. The van der Waals surface area contributed by atoms with E-state index in [4.69, 9.17) is 14.3 Å². The minimum absolute atomic E-state index is 0.346. The summed E-state index contributed by atoms with van der Waals surface area (Å²) in [7, 11) is 1.58. The highest BCUT2D eigenvalue weighted by Gasteiger charge is 2.15. The van der Waals surface area contributed by atoms with Crippen molar-refractivity contribution in [3.63, 3.8) is 0 Å². The third-order valence-corrected chi connectivity index (χ3v) is 2.45. The van der Waals surface area contributed by atoms with Gasteiger partial charge in [0.05, 0.1) is 13.3 Å². The first-order valence-corrected chi connectivity index (χ1v) is 7.06. The standard InChI is InChI=1S/C16H22N2O5/c1-16(2,3)18-14(19)10-22-15(20)11-23-17-9-12-5-7-13(21-4)8-6-12/h5-9H,10-11H2,1-4H3,(H,18,19)/b17-9-. The molecule has 126 valence electrons. The molecular weight excluding hydrogens is 300 g/mol. The SMILES string of the molecule is COc1ccc(/C=N\OCC(=O)OCC(=O)NC(C)(C)C)cc1. The van der Waals surface area contributed by atoms with Crippen LogP contribution in [0.25, 0.3) is 0 Å². The topological polar surface area (TPSA) is 86.2 Å². The Labute approximate surface area is 135 Å². The number of methoxy groups -OCH3 is 1. The zero-order valence-corrected chi connectivity index (χ0v) is 13.8. The molecule has 7 nitrogen and oxygen atoms in total. The van der Waals surface area contributed by atoms with Gasteiger partial charge in [-0.05, 0) is 50.6 Å². The van der Waals surface area contributed by atoms with E-state index in [-0.39, 0.29) is 24.7 Å². The van der Waals surface area contributed by atoms with Crippen LogP contribution in [0.2, 0.25) is 0 Å². The first kappa shape index (κ1) is 18.5. The van der Waals surface area contributed by atoms with Gasteiger partial charge in [-0.15, -0.1) is 0 Å². The van der Waals surface area contributed by atoms with Crippen LogP contribution in [0.3, 0.4) is 0 Å². The van der Waals surface area contributed by atoms with Crippen LogP contribution in [-0.4, -0.2) is 44.0 Å². The van der Waals surface area contributed by atoms with Gasteiger partial charge < -0.3 is 19.6 Å². The number of nitrogens with one attached hydrogen (secondary N) is 1. The smallest absolute Gasteiger partial charge is 0.347 e. The molecule has 1 amide bonds. The highest BCUT2D eigenvalue weighted by molar-refractivity contribution is 5.81. The van der Waals surface area contributed by atoms with Gasteiger partial charge in [0, 0.05) is 5.54 Å². The Morgan fingerprint density at radius 3 is 2.39 bits per heavy atom. The van der Waals surface area contributed by atoms with E-state index in [1.165, 1.54) is 6.21 Å². The zero-order valence-electron chi connectivity index (χ0n) is 13.8. The number of carbonyl (C=O) groups excluding carboxylic acids is 2. The maximum absolute atomic E-state index is 11.5. The molecule has 23 heavy (non-hydrogen) atoms. The molecule has 0 unspecified atom stereocenters. The van der Waals surface area contributed by atoms with Crippen molar-refractivity contribution in [2.45, 2.75) is 26.3 Å². The predicted molar refractivity (Wildman–Crippen MR) is 85.4 cm³/mol. The Kier molecular flexibility index (Phi) is 7.05. The van der Waals surface area contributed by atoms with Gasteiger partial charge in [0.25, 0.3) is 5.91 Å². The van der Waals surface area contributed by atoms with E-state index in [1.54, 1.807) is 31.4 Å². The van der Waals surface area contributed by atoms with Gasteiger partial charge in [0.15, 0.2) is 6.61 Å². The van der Waals surface area contributed by atoms with Crippen LogP contribution in [0.5, 0.6) is 5.75 Å². The van der Waals surface area contributed by atoms with Gasteiger partial charge in [-0.2, -0.15) is 0 Å². The Bertz CT molecular complexity index is 547. The normalized spacial score (nSPS) is 11.1. The number of nitrogens with zero attached hydrogens (tertiary/aromatic N) is 1. The summed E-state index contributed by atoms with van der Waals surface area (Å²) in [4.78, 5) is 27.7. The van der Waals surface area contributed by atoms with Crippen LogP contribution in [0.4, 0.5) is 0 Å². The minimum atomic E-state index is -0.666. The predicted octanol–water partition coefficient (Wildman–Crippen LogP) is 1.50. The number of amides is 1. The number of ether oxygens (including phenoxy) is 2. The summed E-state index contributed by atoms with van der Waals surface area (Å²) in [6.45, 7) is 4.80. The van der Waals surface area contributed by atoms with Gasteiger partial charge in [0.2, 0.25) is 6.61 Å². The molecule has 7 heteroatoms. The summed E-state index contributed by atoms with van der Waals surface area (Å²) in [5.74, 6) is -0.297. The first-order chi connectivity index (χ1) is 10.8. The molecule has 0 saturated heterocycles. The van der Waals surface area contributed by atoms with Gasteiger partial charge in [-0.1, -0.05) is 5.16 Å². The summed E-state index contributed by atoms with van der Waals surface area (Å²) in [6.07, 6.45) is 1.46. The highest BCUT2D eigenvalue weighted by Crippen LogP contribution is 2.09. The molecular formula is C16H22N2O5. The van der Waals surface area contributed by atoms with Crippen molar-refractivity contribution in [3.05, 3.63) is 29.8 Å². The summed E-state index contributed by atoms with van der Waals surface area (Å²) < 4.78 is 9.80. The van der Waals surface area contributed by atoms with Crippen LogP contribution in [-0.2, 0) is 19.2 Å². The third-order valence-electron chi connectivity index (χ3n) is 2.45. The number of oxime groups is 1. The van der Waals surface area contributed by atoms with Gasteiger partial charge in [-0.3, -0.25) is 4.79 Å². The van der Waals surface area contributed by atoms with Crippen molar-refractivity contribution in [3.8, 4) is 5.75 Å². The van der Waals surface area contributed by atoms with Crippen LogP contribution >= 0.6 is 0 Å². The maximum Gasteiger partial charge on any atom is 0.347 e. The van der Waals surface area contributed by atoms with Crippen molar-refractivity contribution < 1.29 is 23.9 Å². The monoisotopic (exact) mass is 322 g/mol. The fraction of sp³-hybridized carbons (Fsp3) is 0.438. The van der Waals surface area contributed by atoms with Gasteiger partial charge >= 0.3 is 5.97 Å². The molecule has 0 fully saturated rings. The fourth-order valence-corrected chi connectivity index (χ4v) is 1.52. The molecule has 0 atom stereocenters. The van der Waals surface area contributed by atoms with E-state index in [9.17, 15) is 9.59 Å². The molecule has 0 aliphatic rings. The Morgan fingerprint density at radius 2 is 1.83 bits per heavy atom. The van der Waals surface area contributed by atoms with Crippen molar-refractivity contribution in [2.24, 2.45) is 5.16 Å². The van der Waals surface area contributed by atoms with E-state index < -0.39 is 5.97 Å². The van der Waals surface area contributed by atoms with Crippen LogP contribution in [0, 0.1) is 0 Å². The van der Waals surface area contributed by atoms with E-state index in [2.05, 4.69) is 10.5 Å². The fourth-order valence-electron chi connectivity index (χ4n) is 1.52. The molecule has 1 N–H and O–H groups in total. The molecule has 1 aromatic carbocycles. The molecule has 0 bridgehead atoms. The van der Waals surface area contributed by atoms with Crippen molar-refractivity contribution in [1.29, 1.82) is 0 Å². The molecule has 1 rings (SSSR count). The second-order valence-electron chi connectivity index (χ2n) is 5.74. The molecule has 0 aliphatic carbocycles. The Hall–Kier alpha value is -2.57. The largest absolute Gasteiger partial charge is 0.497 e. The number of carbonyl (C=O) groups is 2. The molecule has 0 saturated carbocycles. The van der Waals surface area contributed by atoms with Crippen molar-refractivity contribution in [1.82, 2.24) is 5.32 Å². The zero-order chi connectivity index (χ0) is 17.3. The lowest BCUT2D eigenvalue weighted by molar-refractivity contribution is -0.153. The number of hydrogen-bond donors (Lipinski definition) is 1. The first-order valence-electron chi connectivity index (χ1n) is 7.06. The third kappa shape index (κ3) is 8.45. The summed E-state index contributed by atoms with van der Waals surface area (Å²) in [6, 6.07) is 7.15. The lowest BCUT2D eigenvalue weighted by Crippen LogP contribution is -2.42. The summed E-state index contributed by atoms with van der Waals surface area (Å²) in [5.41, 5.74) is 0.423. The number of benzene rings is 1. The lowest BCUT2D eigenvalue weighted by Gasteiger charge is -2.20. The maximum atomic E-state index is 11.5. The molecule has 0 aliphatic heterocycles. The molecule has 0 radical (unpaired) electrons. The number of esters is 1. The molecule has 0 aromatic heterocycles. The van der Waals surface area contributed by atoms with Crippen molar-refractivity contribution >= 4 is 18.1 Å². The van der Waals surface area contributed by atoms with Crippen molar-refractivity contribution in [2.75, 3.05) is 20.3 Å².